The number of amides is 1. The van der Waals surface area contributed by atoms with Crippen molar-refractivity contribution in [3.05, 3.63) is 64.5 Å². The van der Waals surface area contributed by atoms with E-state index in [1.807, 2.05) is 38.1 Å². The lowest BCUT2D eigenvalue weighted by Crippen LogP contribution is -2.27. The van der Waals surface area contributed by atoms with Gasteiger partial charge in [-0.3, -0.25) is 9.59 Å². The molecular formula is C21H23N5O2. The maximum absolute atomic E-state index is 12.8. The van der Waals surface area contributed by atoms with Crippen LogP contribution in [-0.2, 0) is 13.0 Å². The molecule has 0 aliphatic carbocycles. The molecule has 4 rings (SSSR count). The van der Waals surface area contributed by atoms with Crippen molar-refractivity contribution in [1.29, 1.82) is 0 Å². The van der Waals surface area contributed by atoms with Crippen LogP contribution in [0.5, 0.6) is 0 Å². The van der Waals surface area contributed by atoms with Crippen molar-refractivity contribution in [2.45, 2.75) is 45.7 Å². The Balaban J connectivity index is 1.64. The molecule has 1 amide bonds. The molecule has 1 aromatic carbocycles. The van der Waals surface area contributed by atoms with Crippen LogP contribution in [-0.4, -0.2) is 25.2 Å². The van der Waals surface area contributed by atoms with E-state index in [0.29, 0.717) is 5.69 Å². The summed E-state index contributed by atoms with van der Waals surface area (Å²) in [6.45, 7) is 4.69. The predicted molar refractivity (Wildman–Crippen MR) is 107 cm³/mol. The summed E-state index contributed by atoms with van der Waals surface area (Å²) >= 11 is 0. The minimum atomic E-state index is -0.356. The average molecular weight is 377 g/mol. The van der Waals surface area contributed by atoms with Crippen LogP contribution in [0.1, 0.15) is 49.0 Å². The molecule has 3 heterocycles. The number of rotatable bonds is 4. The van der Waals surface area contributed by atoms with Gasteiger partial charge < -0.3 is 9.88 Å². The zero-order chi connectivity index (χ0) is 19.7. The van der Waals surface area contributed by atoms with Crippen LogP contribution in [0.25, 0.3) is 11.3 Å². The minimum Gasteiger partial charge on any atom is -0.334 e. The molecule has 3 aromatic rings. The highest BCUT2D eigenvalue weighted by Gasteiger charge is 2.17. The van der Waals surface area contributed by atoms with Crippen LogP contribution in [0, 0.1) is 0 Å². The van der Waals surface area contributed by atoms with Gasteiger partial charge in [-0.1, -0.05) is 18.2 Å². The Morgan fingerprint density at radius 3 is 2.75 bits per heavy atom. The maximum Gasteiger partial charge on any atom is 0.276 e. The summed E-state index contributed by atoms with van der Waals surface area (Å²) in [5, 5.41) is 7.12. The van der Waals surface area contributed by atoms with Crippen LogP contribution < -0.4 is 10.9 Å². The number of hydrogen-bond donors (Lipinski definition) is 1. The fraction of sp³-hybridized carbons (Fsp3) is 0.333. The quantitative estimate of drug-likeness (QED) is 0.756. The number of aromatic nitrogens is 4. The highest BCUT2D eigenvalue weighted by molar-refractivity contribution is 6.04. The van der Waals surface area contributed by atoms with Gasteiger partial charge in [0.05, 0.1) is 17.4 Å². The molecule has 0 radical (unpaired) electrons. The van der Waals surface area contributed by atoms with E-state index >= 15 is 0 Å². The van der Waals surface area contributed by atoms with Crippen LogP contribution in [0.3, 0.4) is 0 Å². The highest BCUT2D eigenvalue weighted by atomic mass is 16.2. The summed E-state index contributed by atoms with van der Waals surface area (Å²) in [4.78, 5) is 29.4. The number of benzene rings is 1. The molecule has 0 saturated heterocycles. The number of anilines is 1. The van der Waals surface area contributed by atoms with Crippen LogP contribution >= 0.6 is 0 Å². The van der Waals surface area contributed by atoms with Crippen molar-refractivity contribution >= 4 is 11.6 Å². The first-order chi connectivity index (χ1) is 13.5. The number of carbonyl (C=O) groups is 1. The first-order valence-electron chi connectivity index (χ1n) is 9.59. The number of nitrogens with one attached hydrogen (secondary N) is 1. The molecule has 0 unspecified atom stereocenters. The number of carbonyl (C=O) groups excluding carboxylic acids is 1. The molecule has 7 nitrogen and oxygen atoms in total. The average Bonchev–Trinajstić information content (AvgIpc) is 3.12. The second kappa shape index (κ2) is 7.42. The summed E-state index contributed by atoms with van der Waals surface area (Å²) in [6, 6.07) is 10.3. The zero-order valence-corrected chi connectivity index (χ0v) is 16.1. The smallest absolute Gasteiger partial charge is 0.276 e. The van der Waals surface area contributed by atoms with Crippen molar-refractivity contribution in [2.24, 2.45) is 0 Å². The van der Waals surface area contributed by atoms with E-state index in [9.17, 15) is 9.59 Å². The highest BCUT2D eigenvalue weighted by Crippen LogP contribution is 2.29. The van der Waals surface area contributed by atoms with Crippen molar-refractivity contribution in [1.82, 2.24) is 19.3 Å². The third-order valence-corrected chi connectivity index (χ3v) is 4.91. The van der Waals surface area contributed by atoms with Gasteiger partial charge in [0.2, 0.25) is 0 Å². The fourth-order valence-corrected chi connectivity index (χ4v) is 3.46. The minimum absolute atomic E-state index is 0.121. The van der Waals surface area contributed by atoms with Gasteiger partial charge in [-0.05, 0) is 38.8 Å². The zero-order valence-electron chi connectivity index (χ0n) is 16.1. The lowest BCUT2D eigenvalue weighted by atomic mass is 10.1. The molecule has 0 bridgehead atoms. The molecule has 0 fully saturated rings. The van der Waals surface area contributed by atoms with Gasteiger partial charge in [0.15, 0.2) is 0 Å². The monoisotopic (exact) mass is 377 g/mol. The largest absolute Gasteiger partial charge is 0.334 e. The number of hydrogen-bond acceptors (Lipinski definition) is 4. The molecule has 144 valence electrons. The van der Waals surface area contributed by atoms with Gasteiger partial charge in [0, 0.05) is 30.8 Å². The number of imidazole rings is 1. The van der Waals surface area contributed by atoms with Gasteiger partial charge >= 0.3 is 0 Å². The van der Waals surface area contributed by atoms with E-state index in [4.69, 9.17) is 4.98 Å². The molecule has 2 aromatic heterocycles. The second-order valence-corrected chi connectivity index (χ2v) is 7.29. The lowest BCUT2D eigenvalue weighted by molar-refractivity contribution is 0.101. The molecule has 28 heavy (non-hydrogen) atoms. The third kappa shape index (κ3) is 3.47. The van der Waals surface area contributed by atoms with E-state index in [-0.39, 0.29) is 23.2 Å². The van der Waals surface area contributed by atoms with Crippen molar-refractivity contribution in [3.8, 4) is 11.3 Å². The Bertz CT molecular complexity index is 1060. The first-order valence-corrected chi connectivity index (χ1v) is 9.59. The molecule has 0 saturated carbocycles. The SMILES string of the molecule is CC(C)n1nc(C(=O)Nc2ccccc2-c2cn3c(n2)CCCC3)ccc1=O. The Hall–Kier alpha value is -3.22. The number of fused-ring (bicyclic) bond motifs is 1. The van der Waals surface area contributed by atoms with Crippen molar-refractivity contribution in [2.75, 3.05) is 5.32 Å². The van der Waals surface area contributed by atoms with E-state index in [0.717, 1.165) is 36.5 Å². The summed E-state index contributed by atoms with van der Waals surface area (Å²) in [7, 11) is 0. The standard InChI is InChI=1S/C21H23N5O2/c1-14(2)26-20(27)11-10-17(24-26)21(28)23-16-8-4-3-7-15(16)18-13-25-12-6-5-9-19(25)22-18/h3-4,7-8,10-11,13-14H,5-6,9,12H2,1-2H3,(H,23,28). The van der Waals surface area contributed by atoms with Gasteiger partial charge in [-0.2, -0.15) is 5.10 Å². The number of para-hydroxylation sites is 1. The molecule has 0 atom stereocenters. The second-order valence-electron chi connectivity index (χ2n) is 7.29. The molecular weight excluding hydrogens is 354 g/mol. The van der Waals surface area contributed by atoms with E-state index < -0.39 is 0 Å². The Kier molecular flexibility index (Phi) is 4.81. The molecule has 1 aliphatic rings. The molecule has 1 aliphatic heterocycles. The maximum atomic E-state index is 12.8. The summed E-state index contributed by atoms with van der Waals surface area (Å²) in [5.74, 6) is 0.735. The van der Waals surface area contributed by atoms with Crippen LogP contribution in [0.4, 0.5) is 5.69 Å². The Labute approximate surface area is 163 Å². The third-order valence-electron chi connectivity index (χ3n) is 4.91. The normalized spacial score (nSPS) is 13.4. The van der Waals surface area contributed by atoms with Crippen LogP contribution in [0.15, 0.2) is 47.4 Å². The van der Waals surface area contributed by atoms with Gasteiger partial charge in [0.1, 0.15) is 11.5 Å². The number of aryl methyl sites for hydroxylation is 2. The van der Waals surface area contributed by atoms with Crippen molar-refractivity contribution in [3.63, 3.8) is 0 Å². The Morgan fingerprint density at radius 2 is 1.96 bits per heavy atom. The topological polar surface area (TPSA) is 81.8 Å². The Morgan fingerprint density at radius 1 is 1.14 bits per heavy atom. The van der Waals surface area contributed by atoms with Crippen molar-refractivity contribution < 1.29 is 4.79 Å². The van der Waals surface area contributed by atoms with Gasteiger partial charge in [-0.15, -0.1) is 0 Å². The molecule has 0 spiro atoms. The van der Waals surface area contributed by atoms with Crippen LogP contribution in [0.2, 0.25) is 0 Å². The predicted octanol–water partition coefficient (Wildman–Crippen LogP) is 3.28. The van der Waals surface area contributed by atoms with E-state index in [1.54, 1.807) is 0 Å². The summed E-state index contributed by atoms with van der Waals surface area (Å²) in [6.07, 6.45) is 5.36. The molecule has 1 N–H and O–H groups in total. The fourth-order valence-electron chi connectivity index (χ4n) is 3.46. The molecule has 7 heteroatoms. The summed E-state index contributed by atoms with van der Waals surface area (Å²) < 4.78 is 3.50. The van der Waals surface area contributed by atoms with Gasteiger partial charge in [0.25, 0.3) is 11.5 Å². The lowest BCUT2D eigenvalue weighted by Gasteiger charge is -2.12. The van der Waals surface area contributed by atoms with Gasteiger partial charge in [-0.25, -0.2) is 9.67 Å². The summed E-state index contributed by atoms with van der Waals surface area (Å²) in [5.41, 5.74) is 2.37. The van der Waals surface area contributed by atoms with E-state index in [2.05, 4.69) is 21.2 Å². The number of nitrogens with zero attached hydrogens (tertiary/aromatic N) is 4. The first kappa shape index (κ1) is 18.2. The van der Waals surface area contributed by atoms with E-state index in [1.165, 1.54) is 23.2 Å².